The minimum atomic E-state index is -4.61. The number of halogens is 3. The molecule has 126 valence electrons. The van der Waals surface area contributed by atoms with E-state index in [0.29, 0.717) is 5.82 Å². The average molecular weight is 339 g/mol. The van der Waals surface area contributed by atoms with Crippen LogP contribution >= 0.6 is 0 Å². The standard InChI is InChI=1S/C14H12F3N5O2/c1-7-18-13-20-11(23)6-10(22(13)21-7)12(24)19-9-5-3-2-4-8(9)14(15,16)17/h2-5,10H,6H2,1H3,(H,19,24)(H,18,20,21,23)/t10-/m1/s1. The number of aryl methyl sites for hydroxylation is 1. The fraction of sp³-hybridized carbons (Fsp3) is 0.286. The van der Waals surface area contributed by atoms with Crippen LogP contribution in [0.5, 0.6) is 0 Å². The van der Waals surface area contributed by atoms with E-state index in [-0.39, 0.29) is 18.1 Å². The molecule has 24 heavy (non-hydrogen) atoms. The molecule has 0 radical (unpaired) electrons. The number of alkyl halides is 3. The third-order valence-electron chi connectivity index (χ3n) is 3.46. The second kappa shape index (κ2) is 5.62. The number of para-hydroxylation sites is 1. The van der Waals surface area contributed by atoms with Gasteiger partial charge in [-0.2, -0.15) is 23.3 Å². The number of fused-ring (bicyclic) bond motifs is 1. The summed E-state index contributed by atoms with van der Waals surface area (Å²) in [5.41, 5.74) is -1.34. The van der Waals surface area contributed by atoms with E-state index >= 15 is 0 Å². The van der Waals surface area contributed by atoms with Crippen LogP contribution in [0.2, 0.25) is 0 Å². The molecular formula is C14H12F3N5O2. The summed E-state index contributed by atoms with van der Waals surface area (Å²) in [6.07, 6.45) is -4.85. The zero-order valence-electron chi connectivity index (χ0n) is 12.4. The van der Waals surface area contributed by atoms with Crippen molar-refractivity contribution in [3.63, 3.8) is 0 Å². The molecule has 7 nitrogen and oxygen atoms in total. The number of nitrogens with zero attached hydrogens (tertiary/aromatic N) is 3. The molecule has 1 atom stereocenters. The number of nitrogens with one attached hydrogen (secondary N) is 2. The fourth-order valence-electron chi connectivity index (χ4n) is 2.43. The molecule has 1 aliphatic rings. The summed E-state index contributed by atoms with van der Waals surface area (Å²) in [4.78, 5) is 28.1. The van der Waals surface area contributed by atoms with E-state index in [1.165, 1.54) is 16.8 Å². The van der Waals surface area contributed by atoms with Crippen LogP contribution in [0.25, 0.3) is 0 Å². The van der Waals surface area contributed by atoms with Gasteiger partial charge in [-0.25, -0.2) is 4.68 Å². The number of anilines is 2. The number of amides is 2. The Kier molecular flexibility index (Phi) is 3.74. The van der Waals surface area contributed by atoms with Crippen LogP contribution in [0.1, 0.15) is 23.9 Å². The number of rotatable bonds is 2. The molecule has 2 aromatic rings. The number of carbonyl (C=O) groups excluding carboxylic acids is 2. The van der Waals surface area contributed by atoms with E-state index in [9.17, 15) is 22.8 Å². The van der Waals surface area contributed by atoms with Gasteiger partial charge in [-0.15, -0.1) is 0 Å². The highest BCUT2D eigenvalue weighted by Gasteiger charge is 2.36. The summed E-state index contributed by atoms with van der Waals surface area (Å²) >= 11 is 0. The molecule has 1 aromatic carbocycles. The molecule has 0 unspecified atom stereocenters. The van der Waals surface area contributed by atoms with Crippen molar-refractivity contribution in [2.45, 2.75) is 25.6 Å². The van der Waals surface area contributed by atoms with Crippen LogP contribution < -0.4 is 10.6 Å². The molecule has 0 aliphatic carbocycles. The zero-order chi connectivity index (χ0) is 17.5. The van der Waals surface area contributed by atoms with E-state index < -0.39 is 29.6 Å². The molecule has 1 aromatic heterocycles. The monoisotopic (exact) mass is 339 g/mol. The van der Waals surface area contributed by atoms with E-state index in [0.717, 1.165) is 12.1 Å². The van der Waals surface area contributed by atoms with Gasteiger partial charge in [-0.3, -0.25) is 14.9 Å². The van der Waals surface area contributed by atoms with E-state index in [4.69, 9.17) is 0 Å². The Morgan fingerprint density at radius 3 is 2.79 bits per heavy atom. The second-order valence-corrected chi connectivity index (χ2v) is 5.23. The lowest BCUT2D eigenvalue weighted by Gasteiger charge is -2.23. The molecule has 3 rings (SSSR count). The molecule has 10 heteroatoms. The van der Waals surface area contributed by atoms with Crippen LogP contribution in [-0.4, -0.2) is 26.6 Å². The van der Waals surface area contributed by atoms with Crippen molar-refractivity contribution < 1.29 is 22.8 Å². The van der Waals surface area contributed by atoms with Gasteiger partial charge in [0.25, 0.3) is 0 Å². The summed E-state index contributed by atoms with van der Waals surface area (Å²) in [5.74, 6) is -0.805. The van der Waals surface area contributed by atoms with Crippen molar-refractivity contribution in [2.24, 2.45) is 0 Å². The lowest BCUT2D eigenvalue weighted by Crippen LogP contribution is -2.36. The quantitative estimate of drug-likeness (QED) is 0.877. The Morgan fingerprint density at radius 1 is 1.38 bits per heavy atom. The SMILES string of the molecule is Cc1nc2n(n1)[C@@H](C(=O)Nc1ccccc1C(F)(F)F)CC(=O)N2. The predicted molar refractivity (Wildman–Crippen MR) is 77.1 cm³/mol. The van der Waals surface area contributed by atoms with E-state index in [2.05, 4.69) is 20.7 Å². The molecule has 2 amide bonds. The molecule has 2 N–H and O–H groups in total. The Morgan fingerprint density at radius 2 is 2.08 bits per heavy atom. The highest BCUT2D eigenvalue weighted by Crippen LogP contribution is 2.35. The molecule has 0 bridgehead atoms. The minimum absolute atomic E-state index is 0.0907. The predicted octanol–water partition coefficient (Wildman–Crippen LogP) is 2.13. The number of aromatic nitrogens is 3. The minimum Gasteiger partial charge on any atom is -0.324 e. The number of carbonyl (C=O) groups is 2. The Hall–Kier alpha value is -2.91. The summed E-state index contributed by atoms with van der Waals surface area (Å²) in [6, 6.07) is 3.55. The van der Waals surface area contributed by atoms with Gasteiger partial charge >= 0.3 is 6.18 Å². The number of hydrogen-bond acceptors (Lipinski definition) is 4. The first kappa shape index (κ1) is 16.0. The lowest BCUT2D eigenvalue weighted by atomic mass is 10.1. The number of benzene rings is 1. The fourth-order valence-corrected chi connectivity index (χ4v) is 2.43. The van der Waals surface area contributed by atoms with Crippen molar-refractivity contribution in [1.82, 2.24) is 14.8 Å². The molecule has 2 heterocycles. The Bertz CT molecular complexity index is 815. The smallest absolute Gasteiger partial charge is 0.324 e. The normalized spacial score (nSPS) is 17.2. The van der Waals surface area contributed by atoms with Gasteiger partial charge in [0.2, 0.25) is 17.8 Å². The van der Waals surface area contributed by atoms with Crippen LogP contribution in [0.4, 0.5) is 24.8 Å². The van der Waals surface area contributed by atoms with Gasteiger partial charge in [0.15, 0.2) is 0 Å². The largest absolute Gasteiger partial charge is 0.418 e. The molecule has 0 spiro atoms. The van der Waals surface area contributed by atoms with E-state index in [1.54, 1.807) is 6.92 Å². The first-order chi connectivity index (χ1) is 11.3. The van der Waals surface area contributed by atoms with Gasteiger partial charge in [-0.05, 0) is 19.1 Å². The summed E-state index contributed by atoms with van der Waals surface area (Å²) in [7, 11) is 0. The lowest BCUT2D eigenvalue weighted by molar-refractivity contribution is -0.137. The average Bonchev–Trinajstić information content (AvgIpc) is 2.85. The van der Waals surface area contributed by atoms with Crippen LogP contribution in [0, 0.1) is 6.92 Å². The number of hydrogen-bond donors (Lipinski definition) is 2. The molecule has 0 fully saturated rings. The maximum Gasteiger partial charge on any atom is 0.418 e. The first-order valence-electron chi connectivity index (χ1n) is 6.96. The first-order valence-corrected chi connectivity index (χ1v) is 6.96. The molecule has 1 aliphatic heterocycles. The Labute approximate surface area is 133 Å². The van der Waals surface area contributed by atoms with Crippen LogP contribution in [0.3, 0.4) is 0 Å². The maximum atomic E-state index is 13.0. The highest BCUT2D eigenvalue weighted by atomic mass is 19.4. The second-order valence-electron chi connectivity index (χ2n) is 5.23. The van der Waals surface area contributed by atoms with Gasteiger partial charge in [0.1, 0.15) is 11.9 Å². The molecular weight excluding hydrogens is 327 g/mol. The Balaban J connectivity index is 1.90. The van der Waals surface area contributed by atoms with Gasteiger partial charge in [-0.1, -0.05) is 12.1 Å². The van der Waals surface area contributed by atoms with E-state index in [1.807, 2.05) is 0 Å². The summed E-state index contributed by atoms with van der Waals surface area (Å²) < 4.78 is 40.2. The van der Waals surface area contributed by atoms with Crippen molar-refractivity contribution in [2.75, 3.05) is 10.6 Å². The van der Waals surface area contributed by atoms with Gasteiger partial charge < -0.3 is 5.32 Å². The summed E-state index contributed by atoms with van der Waals surface area (Å²) in [5, 5.41) is 8.69. The van der Waals surface area contributed by atoms with Crippen molar-refractivity contribution in [3.8, 4) is 0 Å². The van der Waals surface area contributed by atoms with Crippen molar-refractivity contribution >= 4 is 23.5 Å². The topological polar surface area (TPSA) is 88.9 Å². The highest BCUT2D eigenvalue weighted by molar-refractivity contribution is 6.01. The maximum absolute atomic E-state index is 13.0. The van der Waals surface area contributed by atoms with Crippen molar-refractivity contribution in [3.05, 3.63) is 35.7 Å². The van der Waals surface area contributed by atoms with Crippen molar-refractivity contribution in [1.29, 1.82) is 0 Å². The van der Waals surface area contributed by atoms with Gasteiger partial charge in [0, 0.05) is 0 Å². The molecule has 0 saturated carbocycles. The van der Waals surface area contributed by atoms with Gasteiger partial charge in [0.05, 0.1) is 17.7 Å². The molecule has 0 saturated heterocycles. The third-order valence-corrected chi connectivity index (χ3v) is 3.46. The van der Waals surface area contributed by atoms with Crippen LogP contribution in [-0.2, 0) is 15.8 Å². The zero-order valence-corrected chi connectivity index (χ0v) is 12.4. The summed E-state index contributed by atoms with van der Waals surface area (Å²) in [6.45, 7) is 1.57. The van der Waals surface area contributed by atoms with Crippen LogP contribution in [0.15, 0.2) is 24.3 Å². The third kappa shape index (κ3) is 2.94.